The molecule has 3 aromatic rings. The molecule has 2 aromatic carbocycles. The van der Waals surface area contributed by atoms with Crippen molar-refractivity contribution >= 4 is 22.7 Å². The quantitative estimate of drug-likeness (QED) is 0.689. The third kappa shape index (κ3) is 2.70. The Kier molecular flexibility index (Phi) is 4.21. The number of nitriles is 1. The number of rotatable bonds is 4. The highest BCUT2D eigenvalue weighted by Crippen LogP contribution is 2.29. The van der Waals surface area contributed by atoms with E-state index >= 15 is 0 Å². The van der Waals surface area contributed by atoms with Gasteiger partial charge in [0.1, 0.15) is 6.07 Å². The Balaban J connectivity index is 2.09. The molecule has 0 amide bonds. The second kappa shape index (κ2) is 6.47. The lowest BCUT2D eigenvalue weighted by atomic mass is 10.1. The van der Waals surface area contributed by atoms with Crippen LogP contribution in [0.2, 0.25) is 0 Å². The molecule has 0 aliphatic rings. The molecule has 0 aliphatic heterocycles. The molecule has 120 valence electrons. The Labute approximate surface area is 140 Å². The highest BCUT2D eigenvalue weighted by atomic mass is 16.5. The molecule has 0 saturated heterocycles. The zero-order valence-corrected chi connectivity index (χ0v) is 13.8. The van der Waals surface area contributed by atoms with E-state index in [-0.39, 0.29) is 0 Å². The minimum atomic E-state index is 0.487. The summed E-state index contributed by atoms with van der Waals surface area (Å²) in [7, 11) is 5.08. The lowest BCUT2D eigenvalue weighted by molar-refractivity contribution is 0.355. The van der Waals surface area contributed by atoms with Crippen molar-refractivity contribution in [2.45, 2.75) is 0 Å². The summed E-state index contributed by atoms with van der Waals surface area (Å²) < 4.78 is 12.5. The molecule has 0 N–H and O–H groups in total. The first-order valence-electron chi connectivity index (χ1n) is 7.43. The lowest BCUT2D eigenvalue weighted by Crippen LogP contribution is -1.96. The predicted octanol–water partition coefficient (Wildman–Crippen LogP) is 3.65. The summed E-state index contributed by atoms with van der Waals surface area (Å²) in [6.45, 7) is 0. The summed E-state index contributed by atoms with van der Waals surface area (Å²) >= 11 is 0. The molecule has 0 fully saturated rings. The van der Waals surface area contributed by atoms with Crippen LogP contribution >= 0.6 is 0 Å². The maximum atomic E-state index is 9.59. The largest absolute Gasteiger partial charge is 0.493 e. The van der Waals surface area contributed by atoms with Crippen LogP contribution in [0, 0.1) is 11.3 Å². The van der Waals surface area contributed by atoms with Crippen LogP contribution < -0.4 is 9.47 Å². The molecule has 0 saturated carbocycles. The number of aryl methyl sites for hydroxylation is 1. The van der Waals surface area contributed by atoms with Gasteiger partial charge < -0.3 is 14.0 Å². The van der Waals surface area contributed by atoms with Crippen molar-refractivity contribution in [2.75, 3.05) is 14.2 Å². The summed E-state index contributed by atoms with van der Waals surface area (Å²) in [6.07, 6.45) is 1.79. The molecule has 5 heteroatoms. The van der Waals surface area contributed by atoms with E-state index in [1.165, 1.54) is 0 Å². The molecule has 1 aromatic heterocycles. The molecule has 0 aliphatic carbocycles. The van der Waals surface area contributed by atoms with Gasteiger partial charge in [-0.1, -0.05) is 18.2 Å². The van der Waals surface area contributed by atoms with Crippen molar-refractivity contribution in [2.24, 2.45) is 7.05 Å². The van der Waals surface area contributed by atoms with Crippen molar-refractivity contribution in [3.63, 3.8) is 0 Å². The molecule has 0 atom stereocenters. The van der Waals surface area contributed by atoms with Gasteiger partial charge in [0.05, 0.1) is 30.8 Å². The van der Waals surface area contributed by atoms with Crippen LogP contribution in [0.25, 0.3) is 22.7 Å². The topological polar surface area (TPSA) is 60.1 Å². The van der Waals surface area contributed by atoms with Crippen LogP contribution in [0.3, 0.4) is 0 Å². The molecular weight excluding hydrogens is 302 g/mol. The fourth-order valence-corrected chi connectivity index (χ4v) is 2.64. The average molecular weight is 319 g/mol. The Morgan fingerprint density at radius 3 is 2.54 bits per heavy atom. The Morgan fingerprint density at radius 2 is 1.88 bits per heavy atom. The third-order valence-corrected chi connectivity index (χ3v) is 3.87. The number of para-hydroxylation sites is 2. The smallest absolute Gasteiger partial charge is 0.161 e. The highest BCUT2D eigenvalue weighted by Gasteiger charge is 2.12. The number of methoxy groups -OCH3 is 2. The second-order valence-corrected chi connectivity index (χ2v) is 5.27. The minimum Gasteiger partial charge on any atom is -0.493 e. The summed E-state index contributed by atoms with van der Waals surface area (Å²) in [5.74, 6) is 1.90. The van der Waals surface area contributed by atoms with Gasteiger partial charge in [-0.2, -0.15) is 5.26 Å². The van der Waals surface area contributed by atoms with E-state index in [0.29, 0.717) is 22.9 Å². The summed E-state index contributed by atoms with van der Waals surface area (Å²) in [5.41, 5.74) is 3.18. The minimum absolute atomic E-state index is 0.487. The number of ether oxygens (including phenoxy) is 2. The van der Waals surface area contributed by atoms with E-state index < -0.39 is 0 Å². The van der Waals surface area contributed by atoms with Gasteiger partial charge in [-0.05, 0) is 35.9 Å². The maximum absolute atomic E-state index is 9.59. The number of benzene rings is 2. The van der Waals surface area contributed by atoms with Gasteiger partial charge in [-0.3, -0.25) is 0 Å². The Hall–Kier alpha value is -3.26. The van der Waals surface area contributed by atoms with Crippen LogP contribution in [0.4, 0.5) is 0 Å². The Bertz CT molecular complexity index is 964. The molecule has 3 rings (SSSR count). The van der Waals surface area contributed by atoms with Crippen LogP contribution in [0.1, 0.15) is 11.4 Å². The van der Waals surface area contributed by atoms with E-state index in [1.807, 2.05) is 54.1 Å². The first kappa shape index (κ1) is 15.6. The first-order chi connectivity index (χ1) is 11.7. The molecule has 0 spiro atoms. The maximum Gasteiger partial charge on any atom is 0.161 e. The van der Waals surface area contributed by atoms with Gasteiger partial charge >= 0.3 is 0 Å². The summed E-state index contributed by atoms with van der Waals surface area (Å²) in [5, 5.41) is 9.59. The van der Waals surface area contributed by atoms with Crippen molar-refractivity contribution in [1.82, 2.24) is 9.55 Å². The van der Waals surface area contributed by atoms with Crippen molar-refractivity contribution in [3.8, 4) is 17.6 Å². The third-order valence-electron chi connectivity index (χ3n) is 3.87. The summed E-state index contributed by atoms with van der Waals surface area (Å²) in [6, 6.07) is 15.6. The first-order valence-corrected chi connectivity index (χ1v) is 7.43. The van der Waals surface area contributed by atoms with E-state index in [4.69, 9.17) is 9.47 Å². The molecule has 0 radical (unpaired) electrons. The highest BCUT2D eigenvalue weighted by molar-refractivity contribution is 5.91. The van der Waals surface area contributed by atoms with Crippen LogP contribution in [-0.2, 0) is 7.05 Å². The average Bonchev–Trinajstić information content (AvgIpc) is 2.96. The van der Waals surface area contributed by atoms with Crippen LogP contribution in [-0.4, -0.2) is 23.8 Å². The predicted molar refractivity (Wildman–Crippen MR) is 93.7 cm³/mol. The molecule has 5 nitrogen and oxygen atoms in total. The van der Waals surface area contributed by atoms with Crippen molar-refractivity contribution < 1.29 is 9.47 Å². The lowest BCUT2D eigenvalue weighted by Gasteiger charge is -2.08. The molecular formula is C19H17N3O2. The van der Waals surface area contributed by atoms with Gasteiger partial charge in [0.25, 0.3) is 0 Å². The van der Waals surface area contributed by atoms with E-state index in [0.717, 1.165) is 16.6 Å². The number of imidazole rings is 1. The molecule has 1 heterocycles. The number of fused-ring (bicyclic) bond motifs is 1. The number of aromatic nitrogens is 2. The van der Waals surface area contributed by atoms with Crippen LogP contribution in [0.15, 0.2) is 42.5 Å². The van der Waals surface area contributed by atoms with Crippen molar-refractivity contribution in [3.05, 3.63) is 53.9 Å². The number of hydrogen-bond acceptors (Lipinski definition) is 4. The zero-order chi connectivity index (χ0) is 17.1. The van der Waals surface area contributed by atoms with Crippen LogP contribution in [0.5, 0.6) is 11.5 Å². The SMILES string of the molecule is COc1ccc(C=C(C#N)c2nc3ccccc3n2C)cc1OC. The molecule has 0 unspecified atom stereocenters. The molecule has 0 bridgehead atoms. The van der Waals surface area contributed by atoms with Gasteiger partial charge in [0.15, 0.2) is 17.3 Å². The fourth-order valence-electron chi connectivity index (χ4n) is 2.64. The summed E-state index contributed by atoms with van der Waals surface area (Å²) in [4.78, 5) is 4.57. The zero-order valence-electron chi connectivity index (χ0n) is 13.8. The van der Waals surface area contributed by atoms with Gasteiger partial charge in [-0.15, -0.1) is 0 Å². The Morgan fingerprint density at radius 1 is 1.12 bits per heavy atom. The van der Waals surface area contributed by atoms with Gasteiger partial charge in [-0.25, -0.2) is 4.98 Å². The van der Waals surface area contributed by atoms with Gasteiger partial charge in [0, 0.05) is 7.05 Å². The standard InChI is InChI=1S/C19H17N3O2/c1-22-16-7-5-4-6-15(16)21-19(22)14(12-20)10-13-8-9-17(23-2)18(11-13)24-3/h4-11H,1-3H3. The fraction of sp³-hybridized carbons (Fsp3) is 0.158. The van der Waals surface area contributed by atoms with E-state index in [9.17, 15) is 5.26 Å². The number of allylic oxidation sites excluding steroid dienone is 1. The van der Waals surface area contributed by atoms with Crippen molar-refractivity contribution in [1.29, 1.82) is 5.26 Å². The second-order valence-electron chi connectivity index (χ2n) is 5.27. The van der Waals surface area contributed by atoms with E-state index in [1.54, 1.807) is 20.3 Å². The monoisotopic (exact) mass is 319 g/mol. The van der Waals surface area contributed by atoms with E-state index in [2.05, 4.69) is 11.1 Å². The number of nitrogens with zero attached hydrogens (tertiary/aromatic N) is 3. The van der Waals surface area contributed by atoms with Gasteiger partial charge in [0.2, 0.25) is 0 Å². The normalized spacial score (nSPS) is 11.3. The molecule has 24 heavy (non-hydrogen) atoms. The number of hydrogen-bond donors (Lipinski definition) is 0.